The highest BCUT2D eigenvalue weighted by molar-refractivity contribution is 5.89. The Hall–Kier alpha value is -2.18. The SMILES string of the molecule is O=C(Nc1ccc(F)c(F)c1)NC1CCCC(C(=O)O)C1. The molecule has 114 valence electrons. The van der Waals surface area contributed by atoms with Gasteiger partial charge in [0.1, 0.15) is 0 Å². The van der Waals surface area contributed by atoms with Gasteiger partial charge in [-0.3, -0.25) is 4.79 Å². The van der Waals surface area contributed by atoms with Crippen molar-refractivity contribution in [3.8, 4) is 0 Å². The Balaban J connectivity index is 1.89. The summed E-state index contributed by atoms with van der Waals surface area (Å²) in [7, 11) is 0. The zero-order valence-corrected chi connectivity index (χ0v) is 11.2. The van der Waals surface area contributed by atoms with Gasteiger partial charge in [0, 0.05) is 17.8 Å². The van der Waals surface area contributed by atoms with E-state index in [-0.39, 0.29) is 11.7 Å². The third-order valence-corrected chi connectivity index (χ3v) is 3.54. The molecule has 0 aliphatic heterocycles. The van der Waals surface area contributed by atoms with Gasteiger partial charge in [0.2, 0.25) is 0 Å². The highest BCUT2D eigenvalue weighted by atomic mass is 19.2. The number of urea groups is 1. The second kappa shape index (κ2) is 6.51. The Bertz CT molecular complexity index is 551. The van der Waals surface area contributed by atoms with Crippen molar-refractivity contribution in [2.75, 3.05) is 5.32 Å². The van der Waals surface area contributed by atoms with Crippen molar-refractivity contribution < 1.29 is 23.5 Å². The Morgan fingerprint density at radius 2 is 1.95 bits per heavy atom. The van der Waals surface area contributed by atoms with E-state index >= 15 is 0 Å². The molecular weight excluding hydrogens is 282 g/mol. The lowest BCUT2D eigenvalue weighted by Crippen LogP contribution is -2.42. The van der Waals surface area contributed by atoms with Crippen LogP contribution in [-0.2, 0) is 4.79 Å². The number of amides is 2. The number of nitrogens with one attached hydrogen (secondary N) is 2. The lowest BCUT2D eigenvalue weighted by Gasteiger charge is -2.27. The molecule has 0 spiro atoms. The predicted molar refractivity (Wildman–Crippen MR) is 71.9 cm³/mol. The maximum Gasteiger partial charge on any atom is 0.319 e. The minimum Gasteiger partial charge on any atom is -0.481 e. The van der Waals surface area contributed by atoms with Crippen molar-refractivity contribution >= 4 is 17.7 Å². The first kappa shape index (κ1) is 15.2. The first-order chi connectivity index (χ1) is 9.95. The first-order valence-corrected chi connectivity index (χ1v) is 6.71. The molecule has 1 fully saturated rings. The van der Waals surface area contributed by atoms with Gasteiger partial charge < -0.3 is 15.7 Å². The summed E-state index contributed by atoms with van der Waals surface area (Å²) in [6.45, 7) is 0. The van der Waals surface area contributed by atoms with Crippen LogP contribution in [0.15, 0.2) is 18.2 Å². The molecule has 0 saturated heterocycles. The van der Waals surface area contributed by atoms with Crippen molar-refractivity contribution in [2.24, 2.45) is 5.92 Å². The fourth-order valence-corrected chi connectivity index (χ4v) is 2.47. The quantitative estimate of drug-likeness (QED) is 0.803. The summed E-state index contributed by atoms with van der Waals surface area (Å²) >= 11 is 0. The lowest BCUT2D eigenvalue weighted by atomic mass is 9.86. The summed E-state index contributed by atoms with van der Waals surface area (Å²) in [4.78, 5) is 22.7. The van der Waals surface area contributed by atoms with Crippen molar-refractivity contribution in [3.63, 3.8) is 0 Å². The summed E-state index contributed by atoms with van der Waals surface area (Å²) in [5, 5.41) is 14.0. The molecular formula is C14H16F2N2O3. The molecule has 1 saturated carbocycles. The van der Waals surface area contributed by atoms with E-state index in [9.17, 15) is 18.4 Å². The Morgan fingerprint density at radius 3 is 2.62 bits per heavy atom. The fraction of sp³-hybridized carbons (Fsp3) is 0.429. The van der Waals surface area contributed by atoms with E-state index < -0.39 is 29.6 Å². The first-order valence-electron chi connectivity index (χ1n) is 6.71. The predicted octanol–water partition coefficient (Wildman–Crippen LogP) is 2.73. The third-order valence-electron chi connectivity index (χ3n) is 3.54. The molecule has 1 aromatic rings. The molecule has 1 aliphatic carbocycles. The standard InChI is InChI=1S/C14H16F2N2O3/c15-11-5-4-10(7-12(11)16)18-14(21)17-9-3-1-2-8(6-9)13(19)20/h4-5,7-9H,1-3,6H2,(H,19,20)(H2,17,18,21). The number of hydrogen-bond acceptors (Lipinski definition) is 2. The van der Waals surface area contributed by atoms with Gasteiger partial charge in [0.15, 0.2) is 11.6 Å². The minimum absolute atomic E-state index is 0.136. The Kier molecular flexibility index (Phi) is 4.72. The van der Waals surface area contributed by atoms with Gasteiger partial charge in [0.25, 0.3) is 0 Å². The van der Waals surface area contributed by atoms with Crippen LogP contribution in [0.1, 0.15) is 25.7 Å². The average Bonchev–Trinajstić information content (AvgIpc) is 2.43. The molecule has 2 atom stereocenters. The van der Waals surface area contributed by atoms with E-state index in [0.717, 1.165) is 18.6 Å². The van der Waals surface area contributed by atoms with Gasteiger partial charge in [-0.05, 0) is 31.4 Å². The van der Waals surface area contributed by atoms with Gasteiger partial charge >= 0.3 is 12.0 Å². The summed E-state index contributed by atoms with van der Waals surface area (Å²) in [6, 6.07) is 2.27. The summed E-state index contributed by atoms with van der Waals surface area (Å²) in [6.07, 6.45) is 2.42. The van der Waals surface area contributed by atoms with Crippen LogP contribution >= 0.6 is 0 Å². The molecule has 0 heterocycles. The molecule has 1 aliphatic rings. The molecule has 3 N–H and O–H groups in total. The van der Waals surface area contributed by atoms with Gasteiger partial charge in [-0.15, -0.1) is 0 Å². The molecule has 1 aromatic carbocycles. The maximum absolute atomic E-state index is 13.0. The Morgan fingerprint density at radius 1 is 1.19 bits per heavy atom. The van der Waals surface area contributed by atoms with Crippen molar-refractivity contribution in [2.45, 2.75) is 31.7 Å². The van der Waals surface area contributed by atoms with Crippen LogP contribution in [0.3, 0.4) is 0 Å². The molecule has 0 aromatic heterocycles. The van der Waals surface area contributed by atoms with Crippen molar-refractivity contribution in [1.29, 1.82) is 0 Å². The number of rotatable bonds is 3. The number of hydrogen-bond donors (Lipinski definition) is 3. The number of carboxylic acid groups (broad SMARTS) is 1. The molecule has 2 rings (SSSR count). The van der Waals surface area contributed by atoms with Crippen molar-refractivity contribution in [3.05, 3.63) is 29.8 Å². The number of carboxylic acids is 1. The minimum atomic E-state index is -1.04. The summed E-state index contributed by atoms with van der Waals surface area (Å²) < 4.78 is 25.8. The van der Waals surface area contributed by atoms with Crippen LogP contribution in [0, 0.1) is 17.6 Å². The number of halogens is 2. The van der Waals surface area contributed by atoms with Crippen LogP contribution in [0.25, 0.3) is 0 Å². The summed E-state index contributed by atoms with van der Waals surface area (Å²) in [5.74, 6) is -3.34. The maximum atomic E-state index is 13.0. The van der Waals surface area contributed by atoms with Crippen molar-refractivity contribution in [1.82, 2.24) is 5.32 Å². The zero-order valence-electron chi connectivity index (χ0n) is 11.2. The normalized spacial score (nSPS) is 21.6. The van der Waals surface area contributed by atoms with E-state index in [1.165, 1.54) is 6.07 Å². The second-order valence-electron chi connectivity index (χ2n) is 5.13. The third kappa shape index (κ3) is 4.14. The number of benzene rings is 1. The number of anilines is 1. The highest BCUT2D eigenvalue weighted by Crippen LogP contribution is 2.24. The molecule has 0 bridgehead atoms. The largest absolute Gasteiger partial charge is 0.481 e. The number of aliphatic carboxylic acids is 1. The topological polar surface area (TPSA) is 78.4 Å². The van der Waals surface area contributed by atoms with E-state index in [0.29, 0.717) is 19.3 Å². The van der Waals surface area contributed by atoms with E-state index in [2.05, 4.69) is 10.6 Å². The molecule has 7 heteroatoms. The number of carbonyl (C=O) groups is 2. The molecule has 2 unspecified atom stereocenters. The van der Waals surface area contributed by atoms with Gasteiger partial charge in [-0.2, -0.15) is 0 Å². The lowest BCUT2D eigenvalue weighted by molar-refractivity contribution is -0.143. The van der Waals surface area contributed by atoms with Gasteiger partial charge in [-0.25, -0.2) is 13.6 Å². The monoisotopic (exact) mass is 298 g/mol. The van der Waals surface area contributed by atoms with Crippen LogP contribution in [-0.4, -0.2) is 23.1 Å². The van der Waals surface area contributed by atoms with E-state index in [4.69, 9.17) is 5.11 Å². The second-order valence-corrected chi connectivity index (χ2v) is 5.13. The Labute approximate surface area is 120 Å². The smallest absolute Gasteiger partial charge is 0.319 e. The average molecular weight is 298 g/mol. The molecule has 2 amide bonds. The zero-order chi connectivity index (χ0) is 15.4. The van der Waals surface area contributed by atoms with E-state index in [1.807, 2.05) is 0 Å². The molecule has 0 radical (unpaired) electrons. The highest BCUT2D eigenvalue weighted by Gasteiger charge is 2.27. The summed E-state index contributed by atoms with van der Waals surface area (Å²) in [5.41, 5.74) is 0.136. The van der Waals surface area contributed by atoms with E-state index in [1.54, 1.807) is 0 Å². The van der Waals surface area contributed by atoms with Crippen LogP contribution < -0.4 is 10.6 Å². The van der Waals surface area contributed by atoms with Gasteiger partial charge in [-0.1, -0.05) is 6.42 Å². The van der Waals surface area contributed by atoms with Crippen LogP contribution in [0.4, 0.5) is 19.3 Å². The fourth-order valence-electron chi connectivity index (χ4n) is 2.47. The molecule has 21 heavy (non-hydrogen) atoms. The van der Waals surface area contributed by atoms with Gasteiger partial charge in [0.05, 0.1) is 5.92 Å². The van der Waals surface area contributed by atoms with Crippen LogP contribution in [0.5, 0.6) is 0 Å². The van der Waals surface area contributed by atoms with Crippen LogP contribution in [0.2, 0.25) is 0 Å². The molecule has 5 nitrogen and oxygen atoms in total. The number of carbonyl (C=O) groups excluding carboxylic acids is 1.